The molecule has 0 bridgehead atoms. The third kappa shape index (κ3) is 5.27. The van der Waals surface area contributed by atoms with Crippen LogP contribution < -0.4 is 0 Å². The highest BCUT2D eigenvalue weighted by molar-refractivity contribution is 7.86. The van der Waals surface area contributed by atoms with E-state index in [2.05, 4.69) is 20.8 Å². The minimum absolute atomic E-state index is 0.161. The van der Waals surface area contributed by atoms with E-state index < -0.39 is 10.2 Å². The van der Waals surface area contributed by atoms with Gasteiger partial charge in [0.1, 0.15) is 0 Å². The lowest BCUT2D eigenvalue weighted by atomic mass is 9.92. The maximum Gasteiger partial charge on any atom is 0.281 e. The van der Waals surface area contributed by atoms with E-state index in [1.165, 1.54) is 4.31 Å². The standard InChI is InChI=1S/C11H26N2O2S/c1-7-9-13(10-8-11(2,3)4)16(14,15)12(5)6/h7-10H2,1-6H3. The van der Waals surface area contributed by atoms with E-state index in [0.717, 1.165) is 12.8 Å². The Bertz CT molecular complexity index is 292. The molecule has 0 saturated carbocycles. The van der Waals surface area contributed by atoms with E-state index in [0.29, 0.717) is 13.1 Å². The highest BCUT2D eigenvalue weighted by Crippen LogP contribution is 2.20. The minimum Gasteiger partial charge on any atom is -0.195 e. The quantitative estimate of drug-likeness (QED) is 0.723. The van der Waals surface area contributed by atoms with Crippen molar-refractivity contribution >= 4 is 10.2 Å². The van der Waals surface area contributed by atoms with Crippen molar-refractivity contribution in [2.24, 2.45) is 5.41 Å². The molecule has 5 heteroatoms. The fourth-order valence-corrected chi connectivity index (χ4v) is 2.48. The lowest BCUT2D eigenvalue weighted by molar-refractivity contribution is 0.299. The van der Waals surface area contributed by atoms with E-state index >= 15 is 0 Å². The van der Waals surface area contributed by atoms with E-state index in [1.807, 2.05) is 6.92 Å². The van der Waals surface area contributed by atoms with Crippen LogP contribution in [0.15, 0.2) is 0 Å². The first-order valence-electron chi connectivity index (χ1n) is 5.79. The fraction of sp³-hybridized carbons (Fsp3) is 1.00. The van der Waals surface area contributed by atoms with Gasteiger partial charge in [-0.2, -0.15) is 17.0 Å². The molecule has 0 aliphatic rings. The second-order valence-corrected chi connectivity index (χ2v) is 7.64. The normalized spacial score (nSPS) is 13.8. The summed E-state index contributed by atoms with van der Waals surface area (Å²) in [5, 5.41) is 0. The molecule has 0 amide bonds. The number of hydrogen-bond donors (Lipinski definition) is 0. The topological polar surface area (TPSA) is 40.6 Å². The predicted octanol–water partition coefficient (Wildman–Crippen LogP) is 1.94. The van der Waals surface area contributed by atoms with Gasteiger partial charge in [0.05, 0.1) is 0 Å². The smallest absolute Gasteiger partial charge is 0.195 e. The summed E-state index contributed by atoms with van der Waals surface area (Å²) in [7, 11) is -0.1000. The molecular formula is C11H26N2O2S. The molecule has 0 aromatic heterocycles. The molecule has 98 valence electrons. The predicted molar refractivity (Wildman–Crippen MR) is 68.5 cm³/mol. The number of rotatable bonds is 6. The van der Waals surface area contributed by atoms with E-state index in [9.17, 15) is 8.42 Å². The van der Waals surface area contributed by atoms with Gasteiger partial charge in [-0.3, -0.25) is 0 Å². The number of nitrogens with zero attached hydrogens (tertiary/aromatic N) is 2. The van der Waals surface area contributed by atoms with Crippen molar-refractivity contribution in [2.75, 3.05) is 27.2 Å². The molecule has 0 N–H and O–H groups in total. The van der Waals surface area contributed by atoms with Crippen molar-refractivity contribution in [1.82, 2.24) is 8.61 Å². The molecule has 0 radical (unpaired) electrons. The van der Waals surface area contributed by atoms with Crippen LogP contribution in [0.4, 0.5) is 0 Å². The fourth-order valence-electron chi connectivity index (χ4n) is 1.28. The summed E-state index contributed by atoms with van der Waals surface area (Å²) in [4.78, 5) is 0. The monoisotopic (exact) mass is 250 g/mol. The van der Waals surface area contributed by atoms with Crippen LogP contribution in [-0.4, -0.2) is 44.2 Å². The third-order valence-electron chi connectivity index (χ3n) is 2.37. The van der Waals surface area contributed by atoms with Gasteiger partial charge in [0.25, 0.3) is 10.2 Å². The summed E-state index contributed by atoms with van der Waals surface area (Å²) < 4.78 is 26.8. The van der Waals surface area contributed by atoms with Crippen LogP contribution in [0.25, 0.3) is 0 Å². The minimum atomic E-state index is -3.26. The van der Waals surface area contributed by atoms with Gasteiger partial charge in [-0.15, -0.1) is 0 Å². The van der Waals surface area contributed by atoms with Crippen molar-refractivity contribution in [3.63, 3.8) is 0 Å². The van der Waals surface area contributed by atoms with Crippen LogP contribution in [-0.2, 0) is 10.2 Å². The first-order chi connectivity index (χ1) is 7.11. The van der Waals surface area contributed by atoms with Gasteiger partial charge in [-0.05, 0) is 18.3 Å². The molecule has 0 fully saturated rings. The molecule has 4 nitrogen and oxygen atoms in total. The van der Waals surface area contributed by atoms with Crippen LogP contribution in [0.3, 0.4) is 0 Å². The maximum atomic E-state index is 12.0. The Morgan fingerprint density at radius 2 is 1.56 bits per heavy atom. The van der Waals surface area contributed by atoms with Gasteiger partial charge in [0.15, 0.2) is 0 Å². The Labute approximate surface area is 101 Å². The van der Waals surface area contributed by atoms with Crippen molar-refractivity contribution < 1.29 is 8.42 Å². The lowest BCUT2D eigenvalue weighted by Crippen LogP contribution is -2.41. The third-order valence-corrected chi connectivity index (χ3v) is 4.31. The van der Waals surface area contributed by atoms with Crippen LogP contribution in [0.2, 0.25) is 0 Å². The molecule has 0 unspecified atom stereocenters. The van der Waals surface area contributed by atoms with Gasteiger partial charge in [-0.1, -0.05) is 27.7 Å². The van der Waals surface area contributed by atoms with Gasteiger partial charge < -0.3 is 0 Å². The SMILES string of the molecule is CCCN(CCC(C)(C)C)S(=O)(=O)N(C)C. The Kier molecular flexibility index (Phi) is 5.93. The van der Waals surface area contributed by atoms with E-state index in [4.69, 9.17) is 0 Å². The average molecular weight is 250 g/mol. The average Bonchev–Trinajstić information content (AvgIpc) is 2.10. The van der Waals surface area contributed by atoms with Crippen molar-refractivity contribution in [2.45, 2.75) is 40.5 Å². The van der Waals surface area contributed by atoms with Crippen molar-refractivity contribution in [3.05, 3.63) is 0 Å². The second-order valence-electron chi connectivity index (χ2n) is 5.50. The molecule has 0 atom stereocenters. The molecular weight excluding hydrogens is 224 g/mol. The van der Waals surface area contributed by atoms with Crippen LogP contribution >= 0.6 is 0 Å². The van der Waals surface area contributed by atoms with Gasteiger partial charge in [-0.25, -0.2) is 0 Å². The molecule has 0 rings (SSSR count). The summed E-state index contributed by atoms with van der Waals surface area (Å²) in [5.74, 6) is 0. The molecule has 0 spiro atoms. The van der Waals surface area contributed by atoms with Crippen molar-refractivity contribution in [1.29, 1.82) is 0 Å². The summed E-state index contributed by atoms with van der Waals surface area (Å²) in [6.07, 6.45) is 1.72. The molecule has 0 aromatic carbocycles. The number of hydrogen-bond acceptors (Lipinski definition) is 2. The Hall–Kier alpha value is -0.130. The summed E-state index contributed by atoms with van der Waals surface area (Å²) in [5.41, 5.74) is 0.161. The van der Waals surface area contributed by atoms with Gasteiger partial charge >= 0.3 is 0 Å². The zero-order valence-corrected chi connectivity index (χ0v) is 12.3. The van der Waals surface area contributed by atoms with Crippen LogP contribution in [0, 0.1) is 5.41 Å². The molecule has 0 aromatic rings. The van der Waals surface area contributed by atoms with Crippen LogP contribution in [0.1, 0.15) is 40.5 Å². The largest absolute Gasteiger partial charge is 0.281 e. The summed E-state index contributed by atoms with van der Waals surface area (Å²) in [6, 6.07) is 0. The van der Waals surface area contributed by atoms with E-state index in [1.54, 1.807) is 18.4 Å². The molecule has 0 aliphatic heterocycles. The second kappa shape index (κ2) is 5.98. The van der Waals surface area contributed by atoms with Gasteiger partial charge in [0, 0.05) is 27.2 Å². The highest BCUT2D eigenvalue weighted by atomic mass is 32.2. The maximum absolute atomic E-state index is 12.0. The Balaban J connectivity index is 4.63. The van der Waals surface area contributed by atoms with Crippen LogP contribution in [0.5, 0.6) is 0 Å². The Morgan fingerprint density at radius 1 is 1.06 bits per heavy atom. The van der Waals surface area contributed by atoms with E-state index in [-0.39, 0.29) is 5.41 Å². The molecule has 16 heavy (non-hydrogen) atoms. The Morgan fingerprint density at radius 3 is 1.88 bits per heavy atom. The zero-order valence-electron chi connectivity index (χ0n) is 11.4. The lowest BCUT2D eigenvalue weighted by Gasteiger charge is -2.28. The summed E-state index contributed by atoms with van der Waals surface area (Å²) in [6.45, 7) is 9.56. The van der Waals surface area contributed by atoms with Crippen molar-refractivity contribution in [3.8, 4) is 0 Å². The zero-order chi connectivity index (χ0) is 13.0. The first kappa shape index (κ1) is 15.9. The molecule has 0 saturated heterocycles. The highest BCUT2D eigenvalue weighted by Gasteiger charge is 2.24. The molecule has 0 aliphatic carbocycles. The van der Waals surface area contributed by atoms with Gasteiger partial charge in [0.2, 0.25) is 0 Å². The first-order valence-corrected chi connectivity index (χ1v) is 7.18. The molecule has 0 heterocycles. The summed E-state index contributed by atoms with van der Waals surface area (Å²) >= 11 is 0.